The monoisotopic (exact) mass is 342 g/mol. The van der Waals surface area contributed by atoms with Crippen LogP contribution in [0.3, 0.4) is 0 Å². The zero-order chi connectivity index (χ0) is 17.1. The van der Waals surface area contributed by atoms with Crippen molar-refractivity contribution in [1.29, 1.82) is 0 Å². The van der Waals surface area contributed by atoms with Crippen LogP contribution in [-0.4, -0.2) is 25.1 Å². The Bertz CT molecular complexity index is 889. The van der Waals surface area contributed by atoms with Crippen molar-refractivity contribution >= 4 is 32.6 Å². The minimum atomic E-state index is -0.128. The smallest absolute Gasteiger partial charge is 0.230 e. The number of nitrogens with zero attached hydrogens (tertiary/aromatic N) is 1. The van der Waals surface area contributed by atoms with Gasteiger partial charge in [-0.25, -0.2) is 4.98 Å². The zero-order valence-corrected chi connectivity index (χ0v) is 14.6. The number of rotatable bonds is 5. The Labute approximate surface area is 144 Å². The number of ether oxygens (including phenoxy) is 2. The summed E-state index contributed by atoms with van der Waals surface area (Å²) in [6.45, 7) is 1.99. The Kier molecular flexibility index (Phi) is 4.66. The van der Waals surface area contributed by atoms with Crippen LogP contribution in [-0.2, 0) is 11.2 Å². The third kappa shape index (κ3) is 3.33. The minimum Gasteiger partial charge on any atom is -0.496 e. The summed E-state index contributed by atoms with van der Waals surface area (Å²) in [6.07, 6.45) is 0.234. The molecule has 1 amide bonds. The van der Waals surface area contributed by atoms with Gasteiger partial charge >= 0.3 is 0 Å². The largest absolute Gasteiger partial charge is 0.496 e. The number of carbonyl (C=O) groups excluding carboxylic acids is 1. The van der Waals surface area contributed by atoms with Crippen molar-refractivity contribution in [2.75, 3.05) is 19.5 Å². The highest BCUT2D eigenvalue weighted by atomic mass is 32.1. The van der Waals surface area contributed by atoms with E-state index >= 15 is 0 Å². The van der Waals surface area contributed by atoms with Gasteiger partial charge in [0.2, 0.25) is 5.91 Å². The normalized spacial score (nSPS) is 10.6. The number of carbonyl (C=O) groups is 1. The number of hydrogen-bond acceptors (Lipinski definition) is 5. The number of hydrogen-bond donors (Lipinski definition) is 1. The number of aromatic nitrogens is 1. The first-order chi connectivity index (χ1) is 11.6. The molecule has 0 radical (unpaired) electrons. The summed E-state index contributed by atoms with van der Waals surface area (Å²) in [4.78, 5) is 16.8. The van der Waals surface area contributed by atoms with E-state index in [1.165, 1.54) is 11.3 Å². The molecule has 0 bridgehead atoms. The van der Waals surface area contributed by atoms with Crippen LogP contribution < -0.4 is 14.8 Å². The molecular formula is C18H18N2O3S. The van der Waals surface area contributed by atoms with Gasteiger partial charge in [0, 0.05) is 5.56 Å². The molecule has 124 valence electrons. The Balaban J connectivity index is 1.79. The summed E-state index contributed by atoms with van der Waals surface area (Å²) < 4.78 is 11.6. The second-order valence-corrected chi connectivity index (χ2v) is 6.40. The van der Waals surface area contributed by atoms with Gasteiger partial charge < -0.3 is 14.8 Å². The average molecular weight is 342 g/mol. The summed E-state index contributed by atoms with van der Waals surface area (Å²) in [5.74, 6) is 1.28. The number of nitrogens with one attached hydrogen (secondary N) is 1. The van der Waals surface area contributed by atoms with E-state index in [4.69, 9.17) is 9.47 Å². The number of aryl methyl sites for hydroxylation is 1. The van der Waals surface area contributed by atoms with Gasteiger partial charge in [0.15, 0.2) is 5.13 Å². The molecule has 5 nitrogen and oxygen atoms in total. The standard InChI is InChI=1S/C18H18N2O3S/c1-11-7-8-13(22-2)12(9-11)10-16(21)19-18-20-17-14(23-3)5-4-6-15(17)24-18/h4-9H,10H2,1-3H3,(H,19,20,21). The van der Waals surface area contributed by atoms with E-state index in [1.807, 2.05) is 43.3 Å². The van der Waals surface area contributed by atoms with Crippen LogP contribution in [0.25, 0.3) is 10.2 Å². The molecule has 0 fully saturated rings. The predicted octanol–water partition coefficient (Wildman–Crippen LogP) is 3.80. The maximum Gasteiger partial charge on any atom is 0.230 e. The molecule has 0 atom stereocenters. The van der Waals surface area contributed by atoms with Crippen LogP contribution in [0.5, 0.6) is 11.5 Å². The van der Waals surface area contributed by atoms with Gasteiger partial charge in [-0.05, 0) is 25.1 Å². The SMILES string of the molecule is COc1ccc(C)cc1CC(=O)Nc1nc2c(OC)cccc2s1. The molecule has 2 aromatic carbocycles. The average Bonchev–Trinajstić information content (AvgIpc) is 2.97. The fourth-order valence-corrected chi connectivity index (χ4v) is 3.42. The molecular weight excluding hydrogens is 324 g/mol. The van der Waals surface area contributed by atoms with E-state index in [1.54, 1.807) is 14.2 Å². The molecule has 6 heteroatoms. The number of thiazole rings is 1. The third-order valence-electron chi connectivity index (χ3n) is 3.64. The van der Waals surface area contributed by atoms with Gasteiger partial charge in [-0.3, -0.25) is 4.79 Å². The van der Waals surface area contributed by atoms with Crippen molar-refractivity contribution in [3.05, 3.63) is 47.5 Å². The highest BCUT2D eigenvalue weighted by Gasteiger charge is 2.13. The van der Waals surface area contributed by atoms with Crippen molar-refractivity contribution in [1.82, 2.24) is 4.98 Å². The van der Waals surface area contributed by atoms with Crippen LogP contribution in [0.15, 0.2) is 36.4 Å². The molecule has 0 aliphatic heterocycles. The van der Waals surface area contributed by atoms with Crippen LogP contribution in [0.2, 0.25) is 0 Å². The highest BCUT2D eigenvalue weighted by Crippen LogP contribution is 2.32. The Hall–Kier alpha value is -2.60. The Morgan fingerprint density at radius 2 is 1.96 bits per heavy atom. The van der Waals surface area contributed by atoms with E-state index in [0.717, 1.165) is 21.3 Å². The van der Waals surface area contributed by atoms with Gasteiger partial charge in [0.1, 0.15) is 17.0 Å². The van der Waals surface area contributed by atoms with Crippen LogP contribution in [0, 0.1) is 6.92 Å². The van der Waals surface area contributed by atoms with Gasteiger partial charge in [-0.1, -0.05) is 35.1 Å². The Morgan fingerprint density at radius 1 is 1.17 bits per heavy atom. The first kappa shape index (κ1) is 16.3. The Morgan fingerprint density at radius 3 is 2.71 bits per heavy atom. The van der Waals surface area contributed by atoms with Crippen LogP contribution in [0.1, 0.15) is 11.1 Å². The van der Waals surface area contributed by atoms with Crippen LogP contribution in [0.4, 0.5) is 5.13 Å². The molecule has 24 heavy (non-hydrogen) atoms. The lowest BCUT2D eigenvalue weighted by Crippen LogP contribution is -2.14. The molecule has 0 spiro atoms. The van der Waals surface area contributed by atoms with E-state index in [0.29, 0.717) is 16.6 Å². The fraction of sp³-hybridized carbons (Fsp3) is 0.222. The van der Waals surface area contributed by atoms with Crippen molar-refractivity contribution in [2.45, 2.75) is 13.3 Å². The molecule has 0 saturated carbocycles. The predicted molar refractivity (Wildman–Crippen MR) is 96.2 cm³/mol. The van der Waals surface area contributed by atoms with Gasteiger partial charge in [-0.2, -0.15) is 0 Å². The lowest BCUT2D eigenvalue weighted by molar-refractivity contribution is -0.115. The summed E-state index contributed by atoms with van der Waals surface area (Å²) >= 11 is 1.42. The molecule has 1 aromatic heterocycles. The molecule has 1 N–H and O–H groups in total. The maximum atomic E-state index is 12.4. The molecule has 0 aliphatic rings. The van der Waals surface area contributed by atoms with E-state index in [-0.39, 0.29) is 12.3 Å². The third-order valence-corrected chi connectivity index (χ3v) is 4.57. The number of amides is 1. The lowest BCUT2D eigenvalue weighted by atomic mass is 10.1. The summed E-state index contributed by atoms with van der Waals surface area (Å²) in [7, 11) is 3.21. The van der Waals surface area contributed by atoms with E-state index < -0.39 is 0 Å². The summed E-state index contributed by atoms with van der Waals surface area (Å²) in [6, 6.07) is 11.5. The number of benzene rings is 2. The van der Waals surface area contributed by atoms with E-state index in [2.05, 4.69) is 10.3 Å². The minimum absolute atomic E-state index is 0.128. The first-order valence-electron chi connectivity index (χ1n) is 7.47. The van der Waals surface area contributed by atoms with Crippen LogP contribution >= 0.6 is 11.3 Å². The quantitative estimate of drug-likeness (QED) is 0.766. The number of methoxy groups -OCH3 is 2. The van der Waals surface area contributed by atoms with Gasteiger partial charge in [-0.15, -0.1) is 0 Å². The van der Waals surface area contributed by atoms with Crippen molar-refractivity contribution in [3.8, 4) is 11.5 Å². The molecule has 3 aromatic rings. The number of anilines is 1. The van der Waals surface area contributed by atoms with Crippen molar-refractivity contribution in [2.24, 2.45) is 0 Å². The second-order valence-electron chi connectivity index (χ2n) is 5.37. The fourth-order valence-electron chi connectivity index (χ4n) is 2.52. The molecule has 1 heterocycles. The number of para-hydroxylation sites is 1. The summed E-state index contributed by atoms with van der Waals surface area (Å²) in [5.41, 5.74) is 2.70. The highest BCUT2D eigenvalue weighted by molar-refractivity contribution is 7.22. The zero-order valence-electron chi connectivity index (χ0n) is 13.8. The molecule has 3 rings (SSSR count). The first-order valence-corrected chi connectivity index (χ1v) is 8.29. The van der Waals surface area contributed by atoms with E-state index in [9.17, 15) is 4.79 Å². The lowest BCUT2D eigenvalue weighted by Gasteiger charge is -2.09. The number of fused-ring (bicyclic) bond motifs is 1. The van der Waals surface area contributed by atoms with Crippen molar-refractivity contribution in [3.63, 3.8) is 0 Å². The molecule has 0 aliphatic carbocycles. The van der Waals surface area contributed by atoms with Gasteiger partial charge in [0.25, 0.3) is 0 Å². The molecule has 0 saturated heterocycles. The van der Waals surface area contributed by atoms with Gasteiger partial charge in [0.05, 0.1) is 25.3 Å². The summed E-state index contributed by atoms with van der Waals surface area (Å²) in [5, 5.41) is 3.42. The van der Waals surface area contributed by atoms with Crippen molar-refractivity contribution < 1.29 is 14.3 Å². The molecule has 0 unspecified atom stereocenters. The second kappa shape index (κ2) is 6.88. The topological polar surface area (TPSA) is 60.5 Å². The maximum absolute atomic E-state index is 12.4.